The van der Waals surface area contributed by atoms with E-state index < -0.39 is 5.97 Å². The van der Waals surface area contributed by atoms with Gasteiger partial charge in [-0.1, -0.05) is 0 Å². The maximum absolute atomic E-state index is 11.0. The second kappa shape index (κ2) is 4.31. The first-order valence-corrected chi connectivity index (χ1v) is 5.80. The largest absolute Gasteiger partial charge is 0.497 e. The Kier molecular flexibility index (Phi) is 2.63. The Bertz CT molecular complexity index is 648. The molecule has 2 aromatic rings. The maximum atomic E-state index is 11.0. The molecule has 0 radical (unpaired) electrons. The van der Waals surface area contributed by atoms with Gasteiger partial charge < -0.3 is 19.1 Å². The standard InChI is InChI=1S/C13H12N2O4/c1-18-8-2-3-9-11(6-8)19-5-4-15-7-10(13(16)17)14-12(9)15/h2-3,6-7H,4-5H2,1H3,(H,16,17). The number of carbonyl (C=O) groups is 1. The molecule has 0 bridgehead atoms. The van der Waals surface area contributed by atoms with Crippen molar-refractivity contribution in [2.45, 2.75) is 6.54 Å². The lowest BCUT2D eigenvalue weighted by atomic mass is 10.2. The Hall–Kier alpha value is -2.50. The van der Waals surface area contributed by atoms with Gasteiger partial charge in [-0.15, -0.1) is 0 Å². The summed E-state index contributed by atoms with van der Waals surface area (Å²) >= 11 is 0. The minimum Gasteiger partial charge on any atom is -0.497 e. The highest BCUT2D eigenvalue weighted by atomic mass is 16.5. The summed E-state index contributed by atoms with van der Waals surface area (Å²) in [5, 5.41) is 9.01. The number of carboxylic acids is 1. The van der Waals surface area contributed by atoms with Crippen LogP contribution in [0, 0.1) is 0 Å². The maximum Gasteiger partial charge on any atom is 0.356 e. The lowest BCUT2D eigenvalue weighted by molar-refractivity contribution is 0.0691. The van der Waals surface area contributed by atoms with Crippen LogP contribution in [0.3, 0.4) is 0 Å². The molecule has 6 nitrogen and oxygen atoms in total. The first-order valence-electron chi connectivity index (χ1n) is 5.80. The van der Waals surface area contributed by atoms with Crippen molar-refractivity contribution in [1.82, 2.24) is 9.55 Å². The van der Waals surface area contributed by atoms with Crippen LogP contribution < -0.4 is 9.47 Å². The molecule has 3 rings (SSSR count). The van der Waals surface area contributed by atoms with Gasteiger partial charge >= 0.3 is 5.97 Å². The lowest BCUT2D eigenvalue weighted by Crippen LogP contribution is -2.04. The molecule has 0 unspecified atom stereocenters. The summed E-state index contributed by atoms with van der Waals surface area (Å²) in [6, 6.07) is 5.40. The molecule has 0 saturated carbocycles. The molecule has 1 aliphatic heterocycles. The number of methoxy groups -OCH3 is 1. The number of ether oxygens (including phenoxy) is 2. The van der Waals surface area contributed by atoms with E-state index in [0.29, 0.717) is 30.5 Å². The molecular weight excluding hydrogens is 248 g/mol. The zero-order valence-corrected chi connectivity index (χ0v) is 10.3. The van der Waals surface area contributed by atoms with E-state index in [9.17, 15) is 4.79 Å². The third-order valence-corrected chi connectivity index (χ3v) is 3.02. The fourth-order valence-electron chi connectivity index (χ4n) is 2.09. The highest BCUT2D eigenvalue weighted by Gasteiger charge is 2.20. The number of hydrogen-bond donors (Lipinski definition) is 1. The Morgan fingerprint density at radius 2 is 2.37 bits per heavy atom. The summed E-state index contributed by atoms with van der Waals surface area (Å²) < 4.78 is 12.6. The topological polar surface area (TPSA) is 73.6 Å². The molecule has 1 N–H and O–H groups in total. The van der Waals surface area contributed by atoms with Crippen molar-refractivity contribution in [3.63, 3.8) is 0 Å². The number of hydrogen-bond acceptors (Lipinski definition) is 4. The highest BCUT2D eigenvalue weighted by molar-refractivity contribution is 5.86. The van der Waals surface area contributed by atoms with Gasteiger partial charge in [0.1, 0.15) is 23.9 Å². The Morgan fingerprint density at radius 3 is 3.11 bits per heavy atom. The van der Waals surface area contributed by atoms with E-state index in [0.717, 1.165) is 5.56 Å². The molecule has 19 heavy (non-hydrogen) atoms. The summed E-state index contributed by atoms with van der Waals surface area (Å²) in [6.45, 7) is 1.02. The molecule has 0 fully saturated rings. The van der Waals surface area contributed by atoms with Crippen molar-refractivity contribution < 1.29 is 19.4 Å². The van der Waals surface area contributed by atoms with Gasteiger partial charge in [0.05, 0.1) is 19.2 Å². The second-order valence-corrected chi connectivity index (χ2v) is 4.16. The van der Waals surface area contributed by atoms with Crippen molar-refractivity contribution in [3.05, 3.63) is 30.1 Å². The van der Waals surface area contributed by atoms with Crippen LogP contribution in [0.4, 0.5) is 0 Å². The zero-order chi connectivity index (χ0) is 13.4. The molecule has 1 aromatic carbocycles. The van der Waals surface area contributed by atoms with E-state index in [1.807, 2.05) is 6.07 Å². The van der Waals surface area contributed by atoms with E-state index in [2.05, 4.69) is 4.98 Å². The Labute approximate surface area is 109 Å². The van der Waals surface area contributed by atoms with Crippen molar-refractivity contribution >= 4 is 5.97 Å². The van der Waals surface area contributed by atoms with Gasteiger partial charge in [0.25, 0.3) is 0 Å². The monoisotopic (exact) mass is 260 g/mol. The third-order valence-electron chi connectivity index (χ3n) is 3.02. The number of nitrogens with zero attached hydrogens (tertiary/aromatic N) is 2. The molecule has 1 aromatic heterocycles. The molecule has 2 heterocycles. The molecular formula is C13H12N2O4. The number of aromatic carboxylic acids is 1. The van der Waals surface area contributed by atoms with Crippen LogP contribution in [0.2, 0.25) is 0 Å². The van der Waals surface area contributed by atoms with Crippen molar-refractivity contribution in [2.24, 2.45) is 0 Å². The average molecular weight is 260 g/mol. The number of fused-ring (bicyclic) bond motifs is 3. The van der Waals surface area contributed by atoms with Crippen LogP contribution >= 0.6 is 0 Å². The van der Waals surface area contributed by atoms with Crippen LogP contribution in [-0.2, 0) is 6.54 Å². The summed E-state index contributed by atoms with van der Waals surface area (Å²) in [5.41, 5.74) is 0.810. The lowest BCUT2D eigenvalue weighted by Gasteiger charge is -2.08. The van der Waals surface area contributed by atoms with Gasteiger partial charge in [-0.2, -0.15) is 0 Å². The second-order valence-electron chi connectivity index (χ2n) is 4.16. The van der Waals surface area contributed by atoms with Gasteiger partial charge in [-0.3, -0.25) is 0 Å². The quantitative estimate of drug-likeness (QED) is 0.888. The molecule has 0 spiro atoms. The van der Waals surface area contributed by atoms with Gasteiger partial charge in [0.2, 0.25) is 0 Å². The summed E-state index contributed by atoms with van der Waals surface area (Å²) in [7, 11) is 1.59. The SMILES string of the molecule is COc1ccc2c(c1)OCCn1cc(C(=O)O)nc1-2. The number of rotatable bonds is 2. The molecule has 6 heteroatoms. The van der Waals surface area contributed by atoms with Crippen LogP contribution in [0.5, 0.6) is 11.5 Å². The van der Waals surface area contributed by atoms with Crippen LogP contribution in [-0.4, -0.2) is 34.3 Å². The minimum atomic E-state index is -1.03. The smallest absolute Gasteiger partial charge is 0.356 e. The zero-order valence-electron chi connectivity index (χ0n) is 10.3. The van der Waals surface area contributed by atoms with Gasteiger partial charge in [-0.05, 0) is 12.1 Å². The highest BCUT2D eigenvalue weighted by Crippen LogP contribution is 2.34. The average Bonchev–Trinajstić information content (AvgIpc) is 2.76. The predicted molar refractivity (Wildman–Crippen MR) is 66.7 cm³/mol. The number of carboxylic acid groups (broad SMARTS) is 1. The first kappa shape index (κ1) is 11.6. The minimum absolute atomic E-state index is 0.0404. The summed E-state index contributed by atoms with van der Waals surface area (Å²) in [6.07, 6.45) is 1.53. The molecule has 98 valence electrons. The fourth-order valence-corrected chi connectivity index (χ4v) is 2.09. The molecule has 0 amide bonds. The summed E-state index contributed by atoms with van der Waals surface area (Å²) in [5.74, 6) is 0.918. The van der Waals surface area contributed by atoms with E-state index in [1.165, 1.54) is 6.20 Å². The molecule has 1 aliphatic rings. The number of benzene rings is 1. The van der Waals surface area contributed by atoms with Crippen LogP contribution in [0.15, 0.2) is 24.4 Å². The fraction of sp³-hybridized carbons (Fsp3) is 0.231. The normalized spacial score (nSPS) is 12.9. The summed E-state index contributed by atoms with van der Waals surface area (Å²) in [4.78, 5) is 15.1. The van der Waals surface area contributed by atoms with E-state index in [-0.39, 0.29) is 5.69 Å². The van der Waals surface area contributed by atoms with Gasteiger partial charge in [0.15, 0.2) is 5.69 Å². The predicted octanol–water partition coefficient (Wildman–Crippen LogP) is 1.65. The molecule has 0 aliphatic carbocycles. The van der Waals surface area contributed by atoms with Crippen molar-refractivity contribution in [1.29, 1.82) is 0 Å². The third kappa shape index (κ3) is 1.91. The Morgan fingerprint density at radius 1 is 1.53 bits per heavy atom. The number of imidazole rings is 1. The molecule has 0 saturated heterocycles. The first-order chi connectivity index (χ1) is 9.19. The van der Waals surface area contributed by atoms with Gasteiger partial charge in [0, 0.05) is 12.3 Å². The van der Waals surface area contributed by atoms with Gasteiger partial charge in [-0.25, -0.2) is 9.78 Å². The Balaban J connectivity index is 2.16. The van der Waals surface area contributed by atoms with E-state index in [1.54, 1.807) is 23.8 Å². The van der Waals surface area contributed by atoms with E-state index >= 15 is 0 Å². The van der Waals surface area contributed by atoms with Crippen LogP contribution in [0.1, 0.15) is 10.5 Å². The van der Waals surface area contributed by atoms with Crippen molar-refractivity contribution in [2.75, 3.05) is 13.7 Å². The number of aromatic nitrogens is 2. The van der Waals surface area contributed by atoms with Crippen LogP contribution in [0.25, 0.3) is 11.4 Å². The van der Waals surface area contributed by atoms with E-state index in [4.69, 9.17) is 14.6 Å². The molecule has 0 atom stereocenters. The van der Waals surface area contributed by atoms with Crippen molar-refractivity contribution in [3.8, 4) is 22.9 Å².